The van der Waals surface area contributed by atoms with Gasteiger partial charge in [0, 0.05) is 24.1 Å². The summed E-state index contributed by atoms with van der Waals surface area (Å²) in [4.78, 5) is 29.3. The molecule has 0 aromatic heterocycles. The van der Waals surface area contributed by atoms with E-state index in [0.717, 1.165) is 5.56 Å². The minimum absolute atomic E-state index is 0.0307. The van der Waals surface area contributed by atoms with E-state index in [-0.39, 0.29) is 29.8 Å². The van der Waals surface area contributed by atoms with Crippen molar-refractivity contribution in [2.75, 3.05) is 19.6 Å². The second kappa shape index (κ2) is 5.73. The van der Waals surface area contributed by atoms with Gasteiger partial charge < -0.3 is 9.80 Å². The summed E-state index contributed by atoms with van der Waals surface area (Å²) in [5.41, 5.74) is 3.00. The van der Waals surface area contributed by atoms with Crippen LogP contribution < -0.4 is 0 Å². The van der Waals surface area contributed by atoms with E-state index < -0.39 is 0 Å². The normalized spacial score (nSPS) is 21.5. The fourth-order valence-corrected chi connectivity index (χ4v) is 4.10. The Morgan fingerprint density at radius 1 is 1.04 bits per heavy atom. The number of amides is 2. The molecule has 0 radical (unpaired) electrons. The molecule has 0 spiro atoms. The first-order valence-corrected chi connectivity index (χ1v) is 8.70. The predicted molar refractivity (Wildman–Crippen MR) is 96.3 cm³/mol. The molecule has 128 valence electrons. The summed E-state index contributed by atoms with van der Waals surface area (Å²) in [5, 5.41) is 0. The van der Waals surface area contributed by atoms with Crippen molar-refractivity contribution in [2.24, 2.45) is 0 Å². The van der Waals surface area contributed by atoms with Gasteiger partial charge in [0.25, 0.3) is 5.91 Å². The Labute approximate surface area is 148 Å². The number of rotatable bonds is 1. The van der Waals surface area contributed by atoms with Crippen molar-refractivity contribution in [2.45, 2.75) is 25.3 Å². The van der Waals surface area contributed by atoms with E-state index in [9.17, 15) is 9.59 Å². The molecule has 1 atom stereocenters. The van der Waals surface area contributed by atoms with Gasteiger partial charge in [-0.15, -0.1) is 0 Å². The minimum atomic E-state index is -0.0750. The lowest BCUT2D eigenvalue weighted by Crippen LogP contribution is -2.58. The van der Waals surface area contributed by atoms with E-state index >= 15 is 0 Å². The number of nitrogens with zero attached hydrogens (tertiary/aromatic N) is 2. The van der Waals surface area contributed by atoms with E-state index in [1.807, 2.05) is 35.2 Å². The summed E-state index contributed by atoms with van der Waals surface area (Å²) in [6, 6.07) is 17.4. The lowest BCUT2D eigenvalue weighted by molar-refractivity contribution is -0.140. The quantitative estimate of drug-likeness (QED) is 0.804. The van der Waals surface area contributed by atoms with Crippen molar-refractivity contribution in [3.05, 3.63) is 71.3 Å². The van der Waals surface area contributed by atoms with Crippen molar-refractivity contribution in [1.82, 2.24) is 9.80 Å². The largest absolute Gasteiger partial charge is 0.331 e. The van der Waals surface area contributed by atoms with Gasteiger partial charge in [0.2, 0.25) is 5.91 Å². The third kappa shape index (κ3) is 2.62. The summed E-state index contributed by atoms with van der Waals surface area (Å²) in [7, 11) is 0. The first-order chi connectivity index (χ1) is 12.0. The molecule has 2 aromatic carbocycles. The Bertz CT molecular complexity index is 829. The molecule has 0 N–H and O–H groups in total. The highest BCUT2D eigenvalue weighted by molar-refractivity contribution is 5.97. The lowest BCUT2D eigenvalue weighted by atomic mass is 9.75. The molecule has 0 saturated carbocycles. The van der Waals surface area contributed by atoms with Gasteiger partial charge in [0.1, 0.15) is 6.54 Å². The highest BCUT2D eigenvalue weighted by Crippen LogP contribution is 2.41. The third-order valence-electron chi connectivity index (χ3n) is 5.34. The number of benzene rings is 2. The van der Waals surface area contributed by atoms with Crippen LogP contribution >= 0.6 is 0 Å². The first-order valence-electron chi connectivity index (χ1n) is 8.70. The van der Waals surface area contributed by atoms with Crippen molar-refractivity contribution >= 4 is 11.8 Å². The molecule has 2 heterocycles. The molecular formula is C21H22N2O2. The van der Waals surface area contributed by atoms with Crippen LogP contribution in [-0.4, -0.2) is 41.2 Å². The van der Waals surface area contributed by atoms with E-state index in [2.05, 4.69) is 26.0 Å². The van der Waals surface area contributed by atoms with Crippen LogP contribution in [0.3, 0.4) is 0 Å². The topological polar surface area (TPSA) is 40.6 Å². The van der Waals surface area contributed by atoms with Crippen LogP contribution in [0, 0.1) is 0 Å². The Morgan fingerprint density at radius 2 is 1.72 bits per heavy atom. The Hall–Kier alpha value is -2.62. The molecule has 1 saturated heterocycles. The maximum Gasteiger partial charge on any atom is 0.254 e. The van der Waals surface area contributed by atoms with Gasteiger partial charge in [0.05, 0.1) is 6.04 Å². The monoisotopic (exact) mass is 334 g/mol. The van der Waals surface area contributed by atoms with E-state index in [1.54, 1.807) is 17.0 Å². The average molecular weight is 334 g/mol. The minimum Gasteiger partial charge on any atom is -0.331 e. The molecule has 0 aliphatic carbocycles. The summed E-state index contributed by atoms with van der Waals surface area (Å²) in [6.45, 7) is 5.75. The van der Waals surface area contributed by atoms with Crippen LogP contribution in [-0.2, 0) is 10.2 Å². The molecule has 2 aliphatic heterocycles. The van der Waals surface area contributed by atoms with Gasteiger partial charge in [-0.2, -0.15) is 0 Å². The highest BCUT2D eigenvalue weighted by atomic mass is 16.2. The first kappa shape index (κ1) is 15.9. The number of carbonyl (C=O) groups excluding carboxylic acids is 2. The van der Waals surface area contributed by atoms with Crippen LogP contribution in [0.15, 0.2) is 54.6 Å². The van der Waals surface area contributed by atoms with E-state index in [0.29, 0.717) is 18.7 Å². The maximum atomic E-state index is 12.8. The van der Waals surface area contributed by atoms with Gasteiger partial charge in [-0.25, -0.2) is 0 Å². The standard InChI is InChI=1S/C21H22N2O2/c1-21(2)14-23-18(16-10-6-7-11-17(16)21)12-22(13-19(23)24)20(25)15-8-4-3-5-9-15/h3-11,18H,12-14H2,1-2H3. The Balaban J connectivity index is 1.69. The molecule has 4 heteroatoms. The number of fused-ring (bicyclic) bond motifs is 3. The molecule has 2 aromatic rings. The van der Waals surface area contributed by atoms with Crippen LogP contribution in [0.5, 0.6) is 0 Å². The lowest BCUT2D eigenvalue weighted by Gasteiger charge is -2.49. The van der Waals surface area contributed by atoms with Crippen molar-refractivity contribution in [1.29, 1.82) is 0 Å². The van der Waals surface area contributed by atoms with Crippen LogP contribution in [0.1, 0.15) is 41.4 Å². The fraction of sp³-hybridized carbons (Fsp3) is 0.333. The van der Waals surface area contributed by atoms with Gasteiger partial charge in [-0.05, 0) is 23.3 Å². The zero-order chi connectivity index (χ0) is 17.6. The SMILES string of the molecule is CC1(C)CN2C(=O)CN(C(=O)c3ccccc3)CC2c2ccccc21. The molecular weight excluding hydrogens is 312 g/mol. The summed E-state index contributed by atoms with van der Waals surface area (Å²) in [5.74, 6) is -0.0426. The highest BCUT2D eigenvalue weighted by Gasteiger charge is 2.44. The maximum absolute atomic E-state index is 12.8. The molecule has 4 rings (SSSR count). The molecule has 2 aliphatic rings. The van der Waals surface area contributed by atoms with Crippen molar-refractivity contribution in [3.8, 4) is 0 Å². The van der Waals surface area contributed by atoms with E-state index in [4.69, 9.17) is 0 Å². The zero-order valence-electron chi connectivity index (χ0n) is 14.6. The fourth-order valence-electron chi connectivity index (χ4n) is 4.10. The second-order valence-electron chi connectivity index (χ2n) is 7.56. The molecule has 2 amide bonds. The van der Waals surface area contributed by atoms with Crippen LogP contribution in [0.2, 0.25) is 0 Å². The number of piperazine rings is 1. The van der Waals surface area contributed by atoms with Gasteiger partial charge in [0.15, 0.2) is 0 Å². The number of carbonyl (C=O) groups is 2. The van der Waals surface area contributed by atoms with Gasteiger partial charge >= 0.3 is 0 Å². The number of hydrogen-bond donors (Lipinski definition) is 0. The average Bonchev–Trinajstić information content (AvgIpc) is 2.63. The number of hydrogen-bond acceptors (Lipinski definition) is 2. The third-order valence-corrected chi connectivity index (χ3v) is 5.34. The zero-order valence-corrected chi connectivity index (χ0v) is 14.6. The Morgan fingerprint density at radius 3 is 2.48 bits per heavy atom. The predicted octanol–water partition coefficient (Wildman–Crippen LogP) is 3.00. The molecule has 1 fully saturated rings. The smallest absolute Gasteiger partial charge is 0.254 e. The van der Waals surface area contributed by atoms with Crippen molar-refractivity contribution < 1.29 is 9.59 Å². The molecule has 4 nitrogen and oxygen atoms in total. The summed E-state index contributed by atoms with van der Waals surface area (Å²) in [6.07, 6.45) is 0. The van der Waals surface area contributed by atoms with Gasteiger partial charge in [-0.1, -0.05) is 56.3 Å². The van der Waals surface area contributed by atoms with E-state index in [1.165, 1.54) is 5.56 Å². The molecule has 1 unspecified atom stereocenters. The summed E-state index contributed by atoms with van der Waals surface area (Å²) >= 11 is 0. The second-order valence-corrected chi connectivity index (χ2v) is 7.56. The molecule has 0 bridgehead atoms. The van der Waals surface area contributed by atoms with Crippen LogP contribution in [0.25, 0.3) is 0 Å². The Kier molecular flexibility index (Phi) is 3.64. The molecule has 25 heavy (non-hydrogen) atoms. The van der Waals surface area contributed by atoms with Gasteiger partial charge in [-0.3, -0.25) is 9.59 Å². The van der Waals surface area contributed by atoms with Crippen molar-refractivity contribution in [3.63, 3.8) is 0 Å². The summed E-state index contributed by atoms with van der Waals surface area (Å²) < 4.78 is 0. The van der Waals surface area contributed by atoms with Crippen LogP contribution in [0.4, 0.5) is 0 Å².